The van der Waals surface area contributed by atoms with E-state index in [0.717, 1.165) is 33.2 Å². The molecule has 0 unspecified atom stereocenters. The number of rotatable bonds is 4. The van der Waals surface area contributed by atoms with Crippen LogP contribution in [0, 0.1) is 6.92 Å². The van der Waals surface area contributed by atoms with Crippen molar-refractivity contribution in [1.82, 2.24) is 14.5 Å². The first-order chi connectivity index (χ1) is 13.6. The minimum atomic E-state index is -0.216. The van der Waals surface area contributed by atoms with E-state index < -0.39 is 0 Å². The topological polar surface area (TPSA) is 55.2 Å². The molecule has 0 N–H and O–H groups in total. The molecule has 1 aliphatic heterocycles. The van der Waals surface area contributed by atoms with E-state index in [4.69, 9.17) is 0 Å². The Hall–Kier alpha value is -3.25. The highest BCUT2D eigenvalue weighted by Crippen LogP contribution is 2.27. The zero-order chi connectivity index (χ0) is 19.3. The lowest BCUT2D eigenvalue weighted by atomic mass is 10.1. The van der Waals surface area contributed by atoms with E-state index in [1.807, 2.05) is 31.2 Å². The quantitative estimate of drug-likeness (QED) is 0.492. The van der Waals surface area contributed by atoms with E-state index in [9.17, 15) is 9.59 Å². The monoisotopic (exact) mass is 387 g/mol. The zero-order valence-corrected chi connectivity index (χ0v) is 16.1. The van der Waals surface area contributed by atoms with Gasteiger partial charge in [-0.05, 0) is 43.3 Å². The second kappa shape index (κ2) is 6.42. The Balaban J connectivity index is 1.38. The predicted molar refractivity (Wildman–Crippen MR) is 109 cm³/mol. The number of benzene rings is 2. The van der Waals surface area contributed by atoms with Crippen LogP contribution in [0.5, 0.6) is 0 Å². The van der Waals surface area contributed by atoms with Crippen LogP contribution in [-0.4, -0.2) is 26.3 Å². The summed E-state index contributed by atoms with van der Waals surface area (Å²) in [7, 11) is 0. The summed E-state index contributed by atoms with van der Waals surface area (Å²) >= 11 is 1.62. The minimum Gasteiger partial charge on any atom is -0.323 e. The van der Waals surface area contributed by atoms with Gasteiger partial charge >= 0.3 is 0 Å². The van der Waals surface area contributed by atoms with Crippen LogP contribution in [-0.2, 0) is 13.1 Å². The molecule has 0 radical (unpaired) electrons. The highest BCUT2D eigenvalue weighted by Gasteiger charge is 2.35. The summed E-state index contributed by atoms with van der Waals surface area (Å²) in [5.41, 5.74) is 3.08. The van der Waals surface area contributed by atoms with Crippen LogP contribution < -0.4 is 0 Å². The number of carbonyl (C=O) groups excluding carboxylic acids is 2. The summed E-state index contributed by atoms with van der Waals surface area (Å²) < 4.78 is 2.19. The number of imidazole rings is 1. The van der Waals surface area contributed by atoms with Gasteiger partial charge in [0, 0.05) is 9.75 Å². The number of thiophene rings is 1. The zero-order valence-electron chi connectivity index (χ0n) is 15.3. The van der Waals surface area contributed by atoms with Crippen LogP contribution in [0.4, 0.5) is 0 Å². The van der Waals surface area contributed by atoms with Crippen molar-refractivity contribution in [1.29, 1.82) is 0 Å². The molecule has 5 nitrogen and oxygen atoms in total. The van der Waals surface area contributed by atoms with E-state index in [0.29, 0.717) is 17.7 Å². The summed E-state index contributed by atoms with van der Waals surface area (Å²) in [6, 6.07) is 19.1. The molecule has 0 atom stereocenters. The fourth-order valence-corrected chi connectivity index (χ4v) is 4.68. The van der Waals surface area contributed by atoms with Gasteiger partial charge in [0.05, 0.1) is 35.2 Å². The summed E-state index contributed by atoms with van der Waals surface area (Å²) in [5.74, 6) is 0.537. The summed E-state index contributed by atoms with van der Waals surface area (Å²) in [6.07, 6.45) is 0. The van der Waals surface area contributed by atoms with Crippen molar-refractivity contribution in [3.05, 3.63) is 87.4 Å². The predicted octanol–water partition coefficient (Wildman–Crippen LogP) is 4.25. The second-order valence-electron chi connectivity index (χ2n) is 6.84. The molecule has 0 fully saturated rings. The van der Waals surface area contributed by atoms with Crippen molar-refractivity contribution in [2.45, 2.75) is 20.0 Å². The maximum Gasteiger partial charge on any atom is 0.261 e. The number of imide groups is 1. The molecular formula is C22H17N3O2S. The molecule has 28 heavy (non-hydrogen) atoms. The van der Waals surface area contributed by atoms with Gasteiger partial charge in [0.2, 0.25) is 0 Å². The summed E-state index contributed by atoms with van der Waals surface area (Å²) in [4.78, 5) is 33.2. The van der Waals surface area contributed by atoms with Gasteiger partial charge < -0.3 is 4.57 Å². The normalized spacial score (nSPS) is 13.5. The number of hydrogen-bond acceptors (Lipinski definition) is 4. The van der Waals surface area contributed by atoms with Crippen molar-refractivity contribution in [2.75, 3.05) is 0 Å². The lowest BCUT2D eigenvalue weighted by molar-refractivity contribution is 0.0644. The molecule has 0 spiro atoms. The van der Waals surface area contributed by atoms with Crippen LogP contribution in [0.2, 0.25) is 0 Å². The van der Waals surface area contributed by atoms with E-state index in [-0.39, 0.29) is 11.8 Å². The number of aromatic nitrogens is 2. The molecule has 2 amide bonds. The summed E-state index contributed by atoms with van der Waals surface area (Å²) in [6.45, 7) is 3.03. The first-order valence-electron chi connectivity index (χ1n) is 9.06. The van der Waals surface area contributed by atoms with Gasteiger partial charge in [0.25, 0.3) is 11.8 Å². The number of para-hydroxylation sites is 2. The third kappa shape index (κ3) is 2.65. The Morgan fingerprint density at radius 2 is 1.43 bits per heavy atom. The van der Waals surface area contributed by atoms with Crippen LogP contribution in [0.15, 0.2) is 60.7 Å². The Morgan fingerprint density at radius 1 is 0.821 bits per heavy atom. The molecule has 0 saturated carbocycles. The molecule has 2 aromatic heterocycles. The van der Waals surface area contributed by atoms with Crippen molar-refractivity contribution >= 4 is 34.2 Å². The molecule has 0 saturated heterocycles. The lowest BCUT2D eigenvalue weighted by Gasteiger charge is -2.12. The Labute approximate surface area is 165 Å². The van der Waals surface area contributed by atoms with Crippen molar-refractivity contribution in [2.24, 2.45) is 0 Å². The average molecular weight is 387 g/mol. The van der Waals surface area contributed by atoms with E-state index in [1.165, 1.54) is 4.90 Å². The number of hydrogen-bond donors (Lipinski definition) is 0. The Kier molecular flexibility index (Phi) is 3.87. The second-order valence-corrected chi connectivity index (χ2v) is 8.10. The molecule has 6 heteroatoms. The van der Waals surface area contributed by atoms with Gasteiger partial charge in [-0.1, -0.05) is 24.3 Å². The van der Waals surface area contributed by atoms with Crippen molar-refractivity contribution < 1.29 is 9.59 Å². The molecule has 138 valence electrons. The number of amides is 2. The van der Waals surface area contributed by atoms with Gasteiger partial charge in [-0.25, -0.2) is 4.98 Å². The van der Waals surface area contributed by atoms with Gasteiger partial charge in [-0.15, -0.1) is 11.3 Å². The Morgan fingerprint density at radius 3 is 2.14 bits per heavy atom. The molecular weight excluding hydrogens is 370 g/mol. The maximum atomic E-state index is 12.6. The maximum absolute atomic E-state index is 12.6. The first-order valence-corrected chi connectivity index (χ1v) is 9.88. The molecule has 2 aromatic carbocycles. The number of nitrogens with zero attached hydrogens (tertiary/aromatic N) is 3. The van der Waals surface area contributed by atoms with Crippen molar-refractivity contribution in [3.63, 3.8) is 0 Å². The van der Waals surface area contributed by atoms with Gasteiger partial charge in [-0.3, -0.25) is 14.5 Å². The third-order valence-corrected chi connectivity index (χ3v) is 6.12. The highest BCUT2D eigenvalue weighted by atomic mass is 32.1. The van der Waals surface area contributed by atoms with Crippen LogP contribution in [0.1, 0.15) is 36.3 Å². The van der Waals surface area contributed by atoms with E-state index >= 15 is 0 Å². The molecule has 0 bridgehead atoms. The van der Waals surface area contributed by atoms with Gasteiger partial charge in [0.1, 0.15) is 5.82 Å². The van der Waals surface area contributed by atoms with Crippen molar-refractivity contribution in [3.8, 4) is 0 Å². The standard InChI is InChI=1S/C22H17N3O2S/c1-14-23-19-8-4-5-9-20(19)24(14)12-15-10-11-16(28-15)13-25-21(26)17-6-2-3-7-18(17)22(25)27/h2-11H,12-13H2,1H3. The number of carbonyl (C=O) groups is 2. The highest BCUT2D eigenvalue weighted by molar-refractivity contribution is 7.12. The summed E-state index contributed by atoms with van der Waals surface area (Å²) in [5, 5.41) is 0. The van der Waals surface area contributed by atoms with Gasteiger partial charge in [0.15, 0.2) is 0 Å². The smallest absolute Gasteiger partial charge is 0.261 e. The van der Waals surface area contributed by atoms with E-state index in [1.54, 1.807) is 35.6 Å². The average Bonchev–Trinajstić information content (AvgIpc) is 3.35. The van der Waals surface area contributed by atoms with E-state index in [2.05, 4.69) is 21.7 Å². The fraction of sp³-hybridized carbons (Fsp3) is 0.136. The number of aryl methyl sites for hydroxylation is 1. The van der Waals surface area contributed by atoms with Crippen LogP contribution in [0.3, 0.4) is 0 Å². The van der Waals surface area contributed by atoms with Crippen LogP contribution in [0.25, 0.3) is 11.0 Å². The first kappa shape index (κ1) is 16.9. The van der Waals surface area contributed by atoms with Crippen LogP contribution >= 0.6 is 11.3 Å². The molecule has 5 rings (SSSR count). The Bertz CT molecular complexity index is 1200. The molecule has 1 aliphatic rings. The lowest BCUT2D eigenvalue weighted by Crippen LogP contribution is -2.28. The minimum absolute atomic E-state index is 0.216. The van der Waals surface area contributed by atoms with Gasteiger partial charge in [-0.2, -0.15) is 0 Å². The molecule has 0 aliphatic carbocycles. The SMILES string of the molecule is Cc1nc2ccccc2n1Cc1ccc(CN2C(=O)c3ccccc3C2=O)s1. The largest absolute Gasteiger partial charge is 0.323 e. The fourth-order valence-electron chi connectivity index (χ4n) is 3.68. The third-order valence-electron chi connectivity index (χ3n) is 5.07. The molecule has 4 aromatic rings. The molecule has 3 heterocycles. The number of fused-ring (bicyclic) bond motifs is 2.